The molecule has 0 unspecified atom stereocenters. The predicted octanol–water partition coefficient (Wildman–Crippen LogP) is 3.23. The van der Waals surface area contributed by atoms with Crippen molar-refractivity contribution in [3.05, 3.63) is 0 Å². The quantitative estimate of drug-likeness (QED) is 0.642. The Balaban J connectivity index is 4.16. The molecule has 0 N–H and O–H groups in total. The first-order chi connectivity index (χ1) is 7.78. The Hall–Kier alpha value is -0.570. The lowest BCUT2D eigenvalue weighted by Gasteiger charge is -2.28. The van der Waals surface area contributed by atoms with Gasteiger partial charge < -0.3 is 9.64 Å². The van der Waals surface area contributed by atoms with Gasteiger partial charge in [0.2, 0.25) is 5.91 Å². The largest absolute Gasteiger partial charge is 0.366 e. The molecule has 0 fully saturated rings. The van der Waals surface area contributed by atoms with E-state index in [2.05, 4.69) is 20.8 Å². The zero-order chi connectivity index (χ0) is 13.5. The summed E-state index contributed by atoms with van der Waals surface area (Å²) in [5, 5.41) is 0. The number of rotatable bonds is 7. The number of nitrogens with zero attached hydrogens (tertiary/aromatic N) is 1. The van der Waals surface area contributed by atoms with E-state index in [0.29, 0.717) is 0 Å². The van der Waals surface area contributed by atoms with Crippen LogP contribution in [0.2, 0.25) is 0 Å². The summed E-state index contributed by atoms with van der Waals surface area (Å²) >= 11 is 0. The van der Waals surface area contributed by atoms with Crippen LogP contribution < -0.4 is 0 Å². The van der Waals surface area contributed by atoms with Crippen LogP contribution in [0.15, 0.2) is 0 Å². The summed E-state index contributed by atoms with van der Waals surface area (Å²) in [6, 6.07) is 0.253. The maximum atomic E-state index is 12.0. The monoisotopic (exact) mass is 243 g/mol. The third kappa shape index (κ3) is 8.19. The van der Waals surface area contributed by atoms with Gasteiger partial charge in [-0.15, -0.1) is 0 Å². The maximum Gasteiger partial charge on any atom is 0.248 e. The van der Waals surface area contributed by atoms with Gasteiger partial charge >= 0.3 is 0 Å². The Morgan fingerprint density at radius 3 is 2.24 bits per heavy atom. The minimum Gasteiger partial charge on any atom is -0.366 e. The highest BCUT2D eigenvalue weighted by molar-refractivity contribution is 5.77. The topological polar surface area (TPSA) is 29.5 Å². The highest BCUT2D eigenvalue weighted by Crippen LogP contribution is 2.09. The van der Waals surface area contributed by atoms with Crippen LogP contribution >= 0.6 is 0 Å². The molecule has 0 saturated heterocycles. The average molecular weight is 243 g/mol. The lowest BCUT2D eigenvalue weighted by Crippen LogP contribution is -2.41. The van der Waals surface area contributed by atoms with E-state index < -0.39 is 0 Å². The first-order valence-electron chi connectivity index (χ1n) is 6.71. The van der Waals surface area contributed by atoms with Gasteiger partial charge in [-0.1, -0.05) is 19.8 Å². The fraction of sp³-hybridized carbons (Fsp3) is 0.929. The number of hydrogen-bond acceptors (Lipinski definition) is 2. The molecule has 0 rings (SSSR count). The van der Waals surface area contributed by atoms with Gasteiger partial charge in [0.15, 0.2) is 0 Å². The van der Waals surface area contributed by atoms with Crippen molar-refractivity contribution in [3.63, 3.8) is 0 Å². The second kappa shape index (κ2) is 7.70. The fourth-order valence-electron chi connectivity index (χ4n) is 1.56. The Labute approximate surface area is 107 Å². The first-order valence-corrected chi connectivity index (χ1v) is 6.71. The molecule has 0 radical (unpaired) electrons. The predicted molar refractivity (Wildman–Crippen MR) is 72.1 cm³/mol. The average Bonchev–Trinajstić information content (AvgIpc) is 2.19. The normalized spacial score (nSPS) is 11.9. The lowest BCUT2D eigenvalue weighted by molar-refractivity contribution is -0.142. The van der Waals surface area contributed by atoms with E-state index in [0.717, 1.165) is 13.0 Å². The van der Waals surface area contributed by atoms with Gasteiger partial charge in [0, 0.05) is 12.6 Å². The van der Waals surface area contributed by atoms with Crippen LogP contribution in [0, 0.1) is 0 Å². The molecule has 0 aromatic rings. The highest BCUT2D eigenvalue weighted by Gasteiger charge is 2.19. The van der Waals surface area contributed by atoms with Crippen LogP contribution in [-0.2, 0) is 9.53 Å². The zero-order valence-corrected chi connectivity index (χ0v) is 12.4. The molecule has 0 aliphatic carbocycles. The zero-order valence-electron chi connectivity index (χ0n) is 12.4. The fourth-order valence-corrected chi connectivity index (χ4v) is 1.56. The molecule has 0 aromatic heterocycles. The molecule has 0 bridgehead atoms. The smallest absolute Gasteiger partial charge is 0.248 e. The summed E-state index contributed by atoms with van der Waals surface area (Å²) in [5.41, 5.74) is -0.248. The van der Waals surface area contributed by atoms with Crippen LogP contribution in [-0.4, -0.2) is 35.6 Å². The summed E-state index contributed by atoms with van der Waals surface area (Å²) in [5.74, 6) is 0.103. The van der Waals surface area contributed by atoms with E-state index in [1.807, 2.05) is 25.7 Å². The van der Waals surface area contributed by atoms with E-state index in [9.17, 15) is 4.79 Å². The summed E-state index contributed by atoms with van der Waals surface area (Å²) in [4.78, 5) is 13.9. The van der Waals surface area contributed by atoms with Gasteiger partial charge in [0.05, 0.1) is 5.60 Å². The van der Waals surface area contributed by atoms with Crippen molar-refractivity contribution in [2.75, 3.05) is 13.2 Å². The van der Waals surface area contributed by atoms with Crippen molar-refractivity contribution in [1.82, 2.24) is 4.90 Å². The van der Waals surface area contributed by atoms with Crippen molar-refractivity contribution in [3.8, 4) is 0 Å². The van der Waals surface area contributed by atoms with Crippen LogP contribution in [0.5, 0.6) is 0 Å². The molecule has 0 atom stereocenters. The molecule has 0 aliphatic heterocycles. The molecule has 0 spiro atoms. The Morgan fingerprint density at radius 2 is 1.82 bits per heavy atom. The number of hydrogen-bond donors (Lipinski definition) is 0. The van der Waals surface area contributed by atoms with Crippen molar-refractivity contribution in [2.45, 2.75) is 72.4 Å². The van der Waals surface area contributed by atoms with Gasteiger partial charge in [0.1, 0.15) is 6.61 Å². The molecule has 102 valence electrons. The van der Waals surface area contributed by atoms with Crippen LogP contribution in [0.1, 0.15) is 60.8 Å². The number of carbonyl (C=O) groups excluding carboxylic acids is 1. The lowest BCUT2D eigenvalue weighted by atomic mass is 10.2. The van der Waals surface area contributed by atoms with E-state index in [-0.39, 0.29) is 24.2 Å². The molecule has 0 aliphatic rings. The highest BCUT2D eigenvalue weighted by atomic mass is 16.5. The molecular weight excluding hydrogens is 214 g/mol. The summed E-state index contributed by atoms with van der Waals surface area (Å²) in [6.07, 6.45) is 3.44. The molecule has 17 heavy (non-hydrogen) atoms. The first kappa shape index (κ1) is 16.4. The van der Waals surface area contributed by atoms with Gasteiger partial charge in [-0.25, -0.2) is 0 Å². The van der Waals surface area contributed by atoms with Gasteiger partial charge in [-0.2, -0.15) is 0 Å². The van der Waals surface area contributed by atoms with E-state index in [4.69, 9.17) is 4.74 Å². The molecular formula is C14H29NO2. The van der Waals surface area contributed by atoms with Crippen molar-refractivity contribution >= 4 is 5.91 Å². The standard InChI is InChI=1S/C14H29NO2/c1-7-8-9-10-15(12(2)3)13(16)11-17-14(4,5)6/h12H,7-11H2,1-6H3. The third-order valence-electron chi connectivity index (χ3n) is 2.57. The van der Waals surface area contributed by atoms with Crippen molar-refractivity contribution < 1.29 is 9.53 Å². The van der Waals surface area contributed by atoms with Gasteiger partial charge in [0.25, 0.3) is 0 Å². The Kier molecular flexibility index (Phi) is 7.44. The molecule has 0 saturated carbocycles. The van der Waals surface area contributed by atoms with Gasteiger partial charge in [-0.3, -0.25) is 4.79 Å². The molecule has 3 nitrogen and oxygen atoms in total. The van der Waals surface area contributed by atoms with Crippen LogP contribution in [0.3, 0.4) is 0 Å². The van der Waals surface area contributed by atoms with E-state index in [1.54, 1.807) is 0 Å². The number of carbonyl (C=O) groups is 1. The molecule has 0 heterocycles. The summed E-state index contributed by atoms with van der Waals surface area (Å²) < 4.78 is 5.54. The van der Waals surface area contributed by atoms with Crippen LogP contribution in [0.4, 0.5) is 0 Å². The molecule has 0 aromatic carbocycles. The summed E-state index contributed by atoms with van der Waals surface area (Å²) in [7, 11) is 0. The number of unbranched alkanes of at least 4 members (excludes halogenated alkanes) is 2. The van der Waals surface area contributed by atoms with Crippen LogP contribution in [0.25, 0.3) is 0 Å². The molecule has 3 heteroatoms. The SMILES string of the molecule is CCCCCN(C(=O)COC(C)(C)C)C(C)C. The minimum atomic E-state index is -0.248. The second-order valence-corrected chi connectivity index (χ2v) is 5.79. The summed E-state index contributed by atoms with van der Waals surface area (Å²) in [6.45, 7) is 13.2. The number of amides is 1. The maximum absolute atomic E-state index is 12.0. The Bertz CT molecular complexity index is 219. The third-order valence-corrected chi connectivity index (χ3v) is 2.57. The van der Waals surface area contributed by atoms with E-state index in [1.165, 1.54) is 12.8 Å². The Morgan fingerprint density at radius 1 is 1.24 bits per heavy atom. The van der Waals surface area contributed by atoms with Crippen molar-refractivity contribution in [2.24, 2.45) is 0 Å². The van der Waals surface area contributed by atoms with E-state index >= 15 is 0 Å². The second-order valence-electron chi connectivity index (χ2n) is 5.79. The number of ether oxygens (including phenoxy) is 1. The molecule has 1 amide bonds. The van der Waals surface area contributed by atoms with Crippen molar-refractivity contribution in [1.29, 1.82) is 0 Å². The minimum absolute atomic E-state index is 0.103. The van der Waals surface area contributed by atoms with Gasteiger partial charge in [-0.05, 0) is 41.0 Å².